The van der Waals surface area contributed by atoms with E-state index in [1.165, 1.54) is 0 Å². The summed E-state index contributed by atoms with van der Waals surface area (Å²) < 4.78 is 8.35. The van der Waals surface area contributed by atoms with Crippen molar-refractivity contribution in [3.8, 4) is 5.75 Å². The van der Waals surface area contributed by atoms with Crippen molar-refractivity contribution in [2.45, 2.75) is 13.2 Å². The zero-order chi connectivity index (χ0) is 16.1. The average molecular weight is 374 g/mol. The van der Waals surface area contributed by atoms with Gasteiger partial charge in [0.15, 0.2) is 0 Å². The van der Waals surface area contributed by atoms with E-state index in [-0.39, 0.29) is 0 Å². The molecule has 23 heavy (non-hydrogen) atoms. The number of rotatable bonds is 6. The number of nitrogens with zero attached hydrogens (tertiary/aromatic N) is 4. The second-order valence-electron chi connectivity index (χ2n) is 5.02. The van der Waals surface area contributed by atoms with Gasteiger partial charge in [0.1, 0.15) is 12.4 Å². The standard InChI is InChI=1S/C16H16BrN5O/c1-22-16(19-20-21-22)18-10-13-7-8-15(14(17)9-13)23-11-12-5-3-2-4-6-12/h2-9H,10-11H2,1H3,(H,18,19,21). The Morgan fingerprint density at radius 1 is 1.13 bits per heavy atom. The van der Waals surface area contributed by atoms with Gasteiger partial charge in [0.05, 0.1) is 4.47 Å². The fourth-order valence-corrected chi connectivity index (χ4v) is 2.61. The van der Waals surface area contributed by atoms with Crippen LogP contribution in [0.3, 0.4) is 0 Å². The molecule has 0 radical (unpaired) electrons. The molecular formula is C16H16BrN5O. The number of anilines is 1. The maximum atomic E-state index is 5.84. The molecule has 1 aromatic heterocycles. The number of aryl methyl sites for hydroxylation is 1. The van der Waals surface area contributed by atoms with Crippen molar-refractivity contribution in [1.29, 1.82) is 0 Å². The van der Waals surface area contributed by atoms with Gasteiger partial charge in [-0.25, -0.2) is 4.68 Å². The summed E-state index contributed by atoms with van der Waals surface area (Å²) >= 11 is 3.56. The third kappa shape index (κ3) is 4.07. The molecule has 3 rings (SSSR count). The van der Waals surface area contributed by atoms with Crippen molar-refractivity contribution in [1.82, 2.24) is 20.2 Å². The van der Waals surface area contributed by atoms with Gasteiger partial charge in [0.25, 0.3) is 0 Å². The lowest BCUT2D eigenvalue weighted by molar-refractivity contribution is 0.304. The van der Waals surface area contributed by atoms with Gasteiger partial charge in [-0.2, -0.15) is 0 Å². The number of aromatic nitrogens is 4. The second-order valence-corrected chi connectivity index (χ2v) is 5.87. The summed E-state index contributed by atoms with van der Waals surface area (Å²) in [5.41, 5.74) is 2.24. The van der Waals surface area contributed by atoms with E-state index in [2.05, 4.69) is 36.8 Å². The minimum absolute atomic E-state index is 0.543. The van der Waals surface area contributed by atoms with Crippen LogP contribution in [0.4, 0.5) is 5.95 Å². The van der Waals surface area contributed by atoms with Crippen molar-refractivity contribution in [2.24, 2.45) is 7.05 Å². The topological polar surface area (TPSA) is 64.9 Å². The molecule has 0 aliphatic carbocycles. The van der Waals surface area contributed by atoms with E-state index in [0.717, 1.165) is 21.3 Å². The van der Waals surface area contributed by atoms with Crippen LogP contribution < -0.4 is 10.1 Å². The first-order chi connectivity index (χ1) is 11.2. The average Bonchev–Trinajstić information content (AvgIpc) is 2.98. The van der Waals surface area contributed by atoms with E-state index in [1.807, 2.05) is 48.5 Å². The molecule has 0 saturated carbocycles. The molecule has 118 valence electrons. The Kier molecular flexibility index (Phi) is 4.87. The normalized spacial score (nSPS) is 10.5. The van der Waals surface area contributed by atoms with Crippen LogP contribution in [0.25, 0.3) is 0 Å². The van der Waals surface area contributed by atoms with E-state index < -0.39 is 0 Å². The molecule has 0 aliphatic rings. The van der Waals surface area contributed by atoms with Gasteiger partial charge in [-0.05, 0) is 49.6 Å². The molecule has 0 saturated heterocycles. The fraction of sp³-hybridized carbons (Fsp3) is 0.188. The highest BCUT2D eigenvalue weighted by Crippen LogP contribution is 2.27. The Balaban J connectivity index is 1.60. The molecule has 0 amide bonds. The Hall–Kier alpha value is -2.41. The largest absolute Gasteiger partial charge is 0.488 e. The zero-order valence-corrected chi connectivity index (χ0v) is 14.2. The number of hydrogen-bond acceptors (Lipinski definition) is 5. The van der Waals surface area contributed by atoms with Gasteiger partial charge in [-0.3, -0.25) is 0 Å². The predicted octanol–water partition coefficient (Wildman–Crippen LogP) is 3.16. The Labute approximate surface area is 142 Å². The van der Waals surface area contributed by atoms with Crippen molar-refractivity contribution < 1.29 is 4.74 Å². The highest BCUT2D eigenvalue weighted by molar-refractivity contribution is 9.10. The smallest absolute Gasteiger partial charge is 0.242 e. The molecule has 0 atom stereocenters. The van der Waals surface area contributed by atoms with Crippen molar-refractivity contribution in [2.75, 3.05) is 5.32 Å². The van der Waals surface area contributed by atoms with E-state index in [0.29, 0.717) is 19.1 Å². The third-order valence-corrected chi connectivity index (χ3v) is 3.92. The van der Waals surface area contributed by atoms with E-state index >= 15 is 0 Å². The van der Waals surface area contributed by atoms with Crippen molar-refractivity contribution in [3.05, 3.63) is 64.1 Å². The molecule has 1 heterocycles. The first kappa shape index (κ1) is 15.5. The lowest BCUT2D eigenvalue weighted by Crippen LogP contribution is -2.06. The molecule has 0 unspecified atom stereocenters. The van der Waals surface area contributed by atoms with Crippen LogP contribution in [0, 0.1) is 0 Å². The summed E-state index contributed by atoms with van der Waals surface area (Å²) in [7, 11) is 1.79. The SMILES string of the molecule is Cn1nnnc1NCc1ccc(OCc2ccccc2)c(Br)c1. The Morgan fingerprint density at radius 3 is 2.65 bits per heavy atom. The third-order valence-electron chi connectivity index (χ3n) is 3.30. The second kappa shape index (κ2) is 7.23. The van der Waals surface area contributed by atoms with Crippen molar-refractivity contribution in [3.63, 3.8) is 0 Å². The first-order valence-corrected chi connectivity index (χ1v) is 7.93. The number of benzene rings is 2. The van der Waals surface area contributed by atoms with Crippen LogP contribution in [0.1, 0.15) is 11.1 Å². The van der Waals surface area contributed by atoms with Gasteiger partial charge >= 0.3 is 0 Å². The van der Waals surface area contributed by atoms with Crippen LogP contribution in [-0.4, -0.2) is 20.2 Å². The molecule has 0 aliphatic heterocycles. The molecule has 6 nitrogen and oxygen atoms in total. The lowest BCUT2D eigenvalue weighted by atomic mass is 10.2. The highest BCUT2D eigenvalue weighted by atomic mass is 79.9. The number of halogens is 1. The highest BCUT2D eigenvalue weighted by Gasteiger charge is 2.05. The predicted molar refractivity (Wildman–Crippen MR) is 91.0 cm³/mol. The number of hydrogen-bond donors (Lipinski definition) is 1. The molecule has 0 fully saturated rings. The Morgan fingerprint density at radius 2 is 1.96 bits per heavy atom. The summed E-state index contributed by atoms with van der Waals surface area (Å²) in [5.74, 6) is 1.45. The molecule has 2 aromatic carbocycles. The fourth-order valence-electron chi connectivity index (χ4n) is 2.07. The molecule has 0 spiro atoms. The molecule has 0 bridgehead atoms. The van der Waals surface area contributed by atoms with Crippen LogP contribution in [-0.2, 0) is 20.2 Å². The summed E-state index contributed by atoms with van der Waals surface area (Å²) in [6.45, 7) is 1.17. The molecule has 3 aromatic rings. The van der Waals surface area contributed by atoms with E-state index in [1.54, 1.807) is 11.7 Å². The quantitative estimate of drug-likeness (QED) is 0.718. The van der Waals surface area contributed by atoms with E-state index in [4.69, 9.17) is 4.74 Å². The van der Waals surface area contributed by atoms with Gasteiger partial charge in [0, 0.05) is 13.6 Å². The molecule has 1 N–H and O–H groups in total. The van der Waals surface area contributed by atoms with Gasteiger partial charge in [0.2, 0.25) is 5.95 Å². The molecular weight excluding hydrogens is 358 g/mol. The van der Waals surface area contributed by atoms with Crippen LogP contribution >= 0.6 is 15.9 Å². The van der Waals surface area contributed by atoms with Crippen molar-refractivity contribution >= 4 is 21.9 Å². The first-order valence-electron chi connectivity index (χ1n) is 7.14. The summed E-state index contributed by atoms with van der Waals surface area (Å²) in [4.78, 5) is 0. The number of tetrazole rings is 1. The van der Waals surface area contributed by atoms with Crippen LogP contribution in [0.15, 0.2) is 53.0 Å². The minimum Gasteiger partial charge on any atom is -0.488 e. The lowest BCUT2D eigenvalue weighted by Gasteiger charge is -2.10. The van der Waals surface area contributed by atoms with Gasteiger partial charge < -0.3 is 10.1 Å². The maximum Gasteiger partial charge on any atom is 0.242 e. The summed E-state index contributed by atoms with van der Waals surface area (Å²) in [6, 6.07) is 16.1. The minimum atomic E-state index is 0.543. The van der Waals surface area contributed by atoms with Crippen LogP contribution in [0.2, 0.25) is 0 Å². The number of nitrogens with one attached hydrogen (secondary N) is 1. The van der Waals surface area contributed by atoms with Gasteiger partial charge in [-0.15, -0.1) is 0 Å². The number of ether oxygens (including phenoxy) is 1. The monoisotopic (exact) mass is 373 g/mol. The van der Waals surface area contributed by atoms with E-state index in [9.17, 15) is 0 Å². The molecule has 7 heteroatoms. The van der Waals surface area contributed by atoms with Crippen LogP contribution in [0.5, 0.6) is 5.75 Å². The zero-order valence-electron chi connectivity index (χ0n) is 12.6. The van der Waals surface area contributed by atoms with Gasteiger partial charge in [-0.1, -0.05) is 41.5 Å². The maximum absolute atomic E-state index is 5.84. The Bertz CT molecular complexity index is 775. The summed E-state index contributed by atoms with van der Waals surface area (Å²) in [6.07, 6.45) is 0. The summed E-state index contributed by atoms with van der Waals surface area (Å²) in [5, 5.41) is 14.4.